The van der Waals surface area contributed by atoms with E-state index in [0.29, 0.717) is 25.6 Å². The Kier molecular flexibility index (Phi) is 3.50. The van der Waals surface area contributed by atoms with E-state index in [0.717, 1.165) is 6.54 Å². The molecule has 1 rings (SSSR count). The Labute approximate surface area is 85.3 Å². The first-order valence-corrected chi connectivity index (χ1v) is 5.14. The number of aliphatic hydroxyl groups is 1. The summed E-state index contributed by atoms with van der Waals surface area (Å²) >= 11 is 0. The van der Waals surface area contributed by atoms with Crippen LogP contribution in [-0.4, -0.2) is 47.2 Å². The highest BCUT2D eigenvalue weighted by atomic mass is 16.3. The maximum atomic E-state index is 11.5. The van der Waals surface area contributed by atoms with E-state index in [1.165, 1.54) is 0 Å². The lowest BCUT2D eigenvalue weighted by atomic mass is 9.96. The van der Waals surface area contributed by atoms with E-state index >= 15 is 0 Å². The number of hydrogen-bond acceptors (Lipinski definition) is 3. The van der Waals surface area contributed by atoms with Gasteiger partial charge in [0.1, 0.15) is 0 Å². The van der Waals surface area contributed by atoms with Gasteiger partial charge in [-0.05, 0) is 6.92 Å². The number of β-amino-alcohol motifs (C(OH)–C–C–N with tert-alkyl or cyclic N) is 1. The molecule has 14 heavy (non-hydrogen) atoms. The summed E-state index contributed by atoms with van der Waals surface area (Å²) < 4.78 is 0. The molecule has 0 saturated carbocycles. The van der Waals surface area contributed by atoms with Crippen molar-refractivity contribution in [1.82, 2.24) is 10.2 Å². The fourth-order valence-electron chi connectivity index (χ4n) is 1.58. The molecular weight excluding hydrogens is 180 g/mol. The van der Waals surface area contributed by atoms with Gasteiger partial charge in [-0.15, -0.1) is 0 Å². The lowest BCUT2D eigenvalue weighted by molar-refractivity contribution is -0.152. The number of hydrogen-bond donors (Lipinski definition) is 2. The van der Waals surface area contributed by atoms with Gasteiger partial charge in [0.15, 0.2) is 0 Å². The van der Waals surface area contributed by atoms with Crippen molar-refractivity contribution in [3.63, 3.8) is 0 Å². The van der Waals surface area contributed by atoms with Crippen molar-refractivity contribution in [1.29, 1.82) is 0 Å². The summed E-state index contributed by atoms with van der Waals surface area (Å²) in [4.78, 5) is 13.2. The SMILES string of the molecule is CC(C)NCCC(=O)N1CC(C)(O)C1. The van der Waals surface area contributed by atoms with Gasteiger partial charge in [0.2, 0.25) is 5.91 Å². The molecule has 1 fully saturated rings. The van der Waals surface area contributed by atoms with Gasteiger partial charge < -0.3 is 15.3 Å². The van der Waals surface area contributed by atoms with Crippen LogP contribution in [0.5, 0.6) is 0 Å². The molecule has 1 saturated heterocycles. The van der Waals surface area contributed by atoms with Gasteiger partial charge in [0.05, 0.1) is 18.7 Å². The lowest BCUT2D eigenvalue weighted by Gasteiger charge is -2.44. The van der Waals surface area contributed by atoms with Crippen LogP contribution in [0.3, 0.4) is 0 Å². The van der Waals surface area contributed by atoms with Gasteiger partial charge in [0.25, 0.3) is 0 Å². The first kappa shape index (κ1) is 11.5. The monoisotopic (exact) mass is 200 g/mol. The van der Waals surface area contributed by atoms with Crippen molar-refractivity contribution < 1.29 is 9.90 Å². The predicted octanol–water partition coefficient (Wildman–Crippen LogP) is -0.0323. The fourth-order valence-corrected chi connectivity index (χ4v) is 1.58. The van der Waals surface area contributed by atoms with Gasteiger partial charge in [0, 0.05) is 19.0 Å². The lowest BCUT2D eigenvalue weighted by Crippen LogP contribution is -2.61. The Hall–Kier alpha value is -0.610. The molecule has 1 amide bonds. The summed E-state index contributed by atoms with van der Waals surface area (Å²) in [7, 11) is 0. The number of nitrogens with one attached hydrogen (secondary N) is 1. The number of rotatable bonds is 4. The summed E-state index contributed by atoms with van der Waals surface area (Å²) in [5.41, 5.74) is -0.652. The first-order chi connectivity index (χ1) is 6.41. The van der Waals surface area contributed by atoms with E-state index in [9.17, 15) is 9.90 Å². The average molecular weight is 200 g/mol. The van der Waals surface area contributed by atoms with Crippen LogP contribution in [-0.2, 0) is 4.79 Å². The number of amides is 1. The van der Waals surface area contributed by atoms with Crippen molar-refractivity contribution in [3.05, 3.63) is 0 Å². The van der Waals surface area contributed by atoms with Crippen LogP contribution >= 0.6 is 0 Å². The number of carbonyl (C=O) groups is 1. The number of likely N-dealkylation sites (tertiary alicyclic amines) is 1. The van der Waals surface area contributed by atoms with Gasteiger partial charge in [-0.25, -0.2) is 0 Å². The van der Waals surface area contributed by atoms with Gasteiger partial charge in [-0.2, -0.15) is 0 Å². The second kappa shape index (κ2) is 4.28. The number of nitrogens with zero attached hydrogens (tertiary/aromatic N) is 1. The summed E-state index contributed by atoms with van der Waals surface area (Å²) in [6.07, 6.45) is 0.522. The molecule has 82 valence electrons. The standard InChI is InChI=1S/C10H20N2O2/c1-8(2)11-5-4-9(13)12-6-10(3,14)7-12/h8,11,14H,4-7H2,1-3H3. The summed E-state index contributed by atoms with van der Waals surface area (Å²) in [5.74, 6) is 0.129. The third-order valence-corrected chi connectivity index (χ3v) is 2.31. The molecule has 0 atom stereocenters. The minimum Gasteiger partial charge on any atom is -0.386 e. The topological polar surface area (TPSA) is 52.6 Å². The Morgan fingerprint density at radius 1 is 1.57 bits per heavy atom. The van der Waals surface area contributed by atoms with Crippen LogP contribution < -0.4 is 5.32 Å². The molecule has 1 aliphatic rings. The Balaban J connectivity index is 2.12. The molecule has 0 aromatic rings. The van der Waals surface area contributed by atoms with Crippen LogP contribution in [0.15, 0.2) is 0 Å². The molecule has 4 heteroatoms. The maximum Gasteiger partial charge on any atom is 0.224 e. The van der Waals surface area contributed by atoms with Crippen molar-refractivity contribution >= 4 is 5.91 Å². The predicted molar refractivity (Wildman–Crippen MR) is 55.0 cm³/mol. The second-order valence-corrected chi connectivity index (χ2v) is 4.61. The Morgan fingerprint density at radius 3 is 2.57 bits per heavy atom. The van der Waals surface area contributed by atoms with E-state index in [1.54, 1.807) is 11.8 Å². The van der Waals surface area contributed by atoms with Crippen LogP contribution in [0.4, 0.5) is 0 Å². The van der Waals surface area contributed by atoms with Crippen molar-refractivity contribution in [2.45, 2.75) is 38.8 Å². The van der Waals surface area contributed by atoms with Gasteiger partial charge in [-0.1, -0.05) is 13.8 Å². The van der Waals surface area contributed by atoms with Gasteiger partial charge in [-0.3, -0.25) is 4.79 Å². The third kappa shape index (κ3) is 3.27. The fraction of sp³-hybridized carbons (Fsp3) is 0.900. The highest BCUT2D eigenvalue weighted by Gasteiger charge is 2.38. The van der Waals surface area contributed by atoms with E-state index in [4.69, 9.17) is 0 Å². The minimum absolute atomic E-state index is 0.129. The highest BCUT2D eigenvalue weighted by molar-refractivity contribution is 5.77. The molecule has 0 aliphatic carbocycles. The molecule has 0 radical (unpaired) electrons. The van der Waals surface area contributed by atoms with Gasteiger partial charge >= 0.3 is 0 Å². The summed E-state index contributed by atoms with van der Waals surface area (Å²) in [6.45, 7) is 7.54. The number of carbonyl (C=O) groups excluding carboxylic acids is 1. The molecule has 0 bridgehead atoms. The molecular formula is C10H20N2O2. The largest absolute Gasteiger partial charge is 0.386 e. The zero-order chi connectivity index (χ0) is 10.8. The molecule has 0 spiro atoms. The second-order valence-electron chi connectivity index (χ2n) is 4.61. The quantitative estimate of drug-likeness (QED) is 0.670. The van der Waals surface area contributed by atoms with Crippen molar-refractivity contribution in [3.8, 4) is 0 Å². The van der Waals surface area contributed by atoms with E-state index in [1.807, 2.05) is 0 Å². The Bertz CT molecular complexity index is 206. The average Bonchev–Trinajstić information content (AvgIpc) is 1.99. The van der Waals surface area contributed by atoms with Crippen LogP contribution in [0.25, 0.3) is 0 Å². The van der Waals surface area contributed by atoms with E-state index in [-0.39, 0.29) is 5.91 Å². The van der Waals surface area contributed by atoms with E-state index < -0.39 is 5.60 Å². The molecule has 1 aliphatic heterocycles. The summed E-state index contributed by atoms with van der Waals surface area (Å²) in [6, 6.07) is 0.419. The highest BCUT2D eigenvalue weighted by Crippen LogP contribution is 2.19. The molecule has 0 unspecified atom stereocenters. The van der Waals surface area contributed by atoms with Crippen LogP contribution in [0, 0.1) is 0 Å². The van der Waals surface area contributed by atoms with Crippen molar-refractivity contribution in [2.75, 3.05) is 19.6 Å². The zero-order valence-corrected chi connectivity index (χ0v) is 9.21. The zero-order valence-electron chi connectivity index (χ0n) is 9.21. The normalized spacial score (nSPS) is 19.6. The third-order valence-electron chi connectivity index (χ3n) is 2.31. The molecule has 1 heterocycles. The molecule has 0 aromatic heterocycles. The summed E-state index contributed by atoms with van der Waals surface area (Å²) in [5, 5.41) is 12.6. The Morgan fingerprint density at radius 2 is 2.14 bits per heavy atom. The molecule has 4 nitrogen and oxygen atoms in total. The molecule has 2 N–H and O–H groups in total. The van der Waals surface area contributed by atoms with Crippen LogP contribution in [0.1, 0.15) is 27.2 Å². The molecule has 0 aromatic carbocycles. The first-order valence-electron chi connectivity index (χ1n) is 5.14. The van der Waals surface area contributed by atoms with Crippen molar-refractivity contribution in [2.24, 2.45) is 0 Å². The minimum atomic E-state index is -0.652. The van der Waals surface area contributed by atoms with E-state index in [2.05, 4.69) is 19.2 Å². The van der Waals surface area contributed by atoms with Crippen LogP contribution in [0.2, 0.25) is 0 Å². The maximum absolute atomic E-state index is 11.5. The smallest absolute Gasteiger partial charge is 0.224 e.